The van der Waals surface area contributed by atoms with Crippen LogP contribution in [0.25, 0.3) is 0 Å². The molecular weight excluding hydrogens is 316 g/mol. The van der Waals surface area contributed by atoms with Crippen molar-refractivity contribution >= 4 is 21.7 Å². The summed E-state index contributed by atoms with van der Waals surface area (Å²) in [7, 11) is 0. The fourth-order valence-electron chi connectivity index (χ4n) is 2.44. The topological polar surface area (TPSA) is 32.3 Å². The van der Waals surface area contributed by atoms with Crippen molar-refractivity contribution in [1.29, 1.82) is 0 Å². The molecule has 0 radical (unpaired) electrons. The number of pyridine rings is 2. The normalized spacial score (nSPS) is 16.4. The van der Waals surface area contributed by atoms with Crippen LogP contribution in [0.1, 0.15) is 5.56 Å². The molecule has 1 aliphatic heterocycles. The lowest BCUT2D eigenvalue weighted by Gasteiger charge is -2.35. The minimum atomic E-state index is 0.982. The second-order valence-corrected chi connectivity index (χ2v) is 5.87. The molecule has 1 aliphatic rings. The third-order valence-corrected chi connectivity index (χ3v) is 4.01. The lowest BCUT2D eigenvalue weighted by molar-refractivity contribution is 0.249. The third kappa shape index (κ3) is 3.35. The van der Waals surface area contributed by atoms with Gasteiger partial charge in [-0.25, -0.2) is 4.98 Å². The molecule has 0 spiro atoms. The highest BCUT2D eigenvalue weighted by Gasteiger charge is 2.17. The van der Waals surface area contributed by atoms with Crippen LogP contribution in [0.5, 0.6) is 0 Å². The molecule has 0 aliphatic carbocycles. The molecule has 1 saturated heterocycles. The van der Waals surface area contributed by atoms with Crippen LogP contribution in [0.15, 0.2) is 47.3 Å². The second-order valence-electron chi connectivity index (χ2n) is 4.96. The average Bonchev–Trinajstić information content (AvgIpc) is 2.50. The number of halogens is 1. The fraction of sp³-hybridized carbons (Fsp3) is 0.333. The SMILES string of the molecule is Brc1ccc(N2CCN(Cc3cccnc3)CC2)nc1. The first-order valence-electron chi connectivity index (χ1n) is 6.79. The molecule has 0 aromatic carbocycles. The molecule has 104 valence electrons. The molecule has 2 aromatic heterocycles. The van der Waals surface area contributed by atoms with Crippen molar-refractivity contribution in [2.75, 3.05) is 31.1 Å². The molecule has 0 N–H and O–H groups in total. The Hall–Kier alpha value is -1.46. The van der Waals surface area contributed by atoms with Crippen LogP contribution in [-0.2, 0) is 6.54 Å². The quantitative estimate of drug-likeness (QED) is 0.864. The van der Waals surface area contributed by atoms with Gasteiger partial charge in [0.15, 0.2) is 0 Å². The predicted octanol–water partition coefficient (Wildman–Crippen LogP) is 2.56. The van der Waals surface area contributed by atoms with E-state index in [0.29, 0.717) is 0 Å². The van der Waals surface area contributed by atoms with Gasteiger partial charge in [0.25, 0.3) is 0 Å². The maximum Gasteiger partial charge on any atom is 0.128 e. The predicted molar refractivity (Wildman–Crippen MR) is 83.7 cm³/mol. The molecule has 1 fully saturated rings. The van der Waals surface area contributed by atoms with Gasteiger partial charge in [0.2, 0.25) is 0 Å². The molecule has 5 heteroatoms. The number of anilines is 1. The summed E-state index contributed by atoms with van der Waals surface area (Å²) in [4.78, 5) is 13.4. The lowest BCUT2D eigenvalue weighted by atomic mass is 10.2. The Morgan fingerprint density at radius 3 is 2.55 bits per heavy atom. The number of piperazine rings is 1. The second kappa shape index (κ2) is 6.33. The number of nitrogens with zero attached hydrogens (tertiary/aromatic N) is 4. The first-order chi connectivity index (χ1) is 9.81. The van der Waals surface area contributed by atoms with Crippen molar-refractivity contribution in [2.24, 2.45) is 0 Å². The Balaban J connectivity index is 1.55. The van der Waals surface area contributed by atoms with Crippen LogP contribution >= 0.6 is 15.9 Å². The van der Waals surface area contributed by atoms with E-state index < -0.39 is 0 Å². The van der Waals surface area contributed by atoms with Gasteiger partial charge in [-0.15, -0.1) is 0 Å². The van der Waals surface area contributed by atoms with E-state index >= 15 is 0 Å². The van der Waals surface area contributed by atoms with E-state index in [0.717, 1.165) is 43.0 Å². The maximum atomic E-state index is 4.46. The molecule has 2 aromatic rings. The smallest absolute Gasteiger partial charge is 0.128 e. The maximum absolute atomic E-state index is 4.46. The highest BCUT2D eigenvalue weighted by atomic mass is 79.9. The lowest BCUT2D eigenvalue weighted by Crippen LogP contribution is -2.46. The van der Waals surface area contributed by atoms with Crippen molar-refractivity contribution in [3.8, 4) is 0 Å². The van der Waals surface area contributed by atoms with Crippen LogP contribution in [0.2, 0.25) is 0 Å². The van der Waals surface area contributed by atoms with E-state index in [1.54, 1.807) is 0 Å². The summed E-state index contributed by atoms with van der Waals surface area (Å²) in [5, 5.41) is 0. The zero-order chi connectivity index (χ0) is 13.8. The highest BCUT2D eigenvalue weighted by Crippen LogP contribution is 2.17. The van der Waals surface area contributed by atoms with Crippen LogP contribution in [0.4, 0.5) is 5.82 Å². The van der Waals surface area contributed by atoms with Crippen molar-refractivity contribution in [1.82, 2.24) is 14.9 Å². The number of aromatic nitrogens is 2. The molecule has 0 atom stereocenters. The largest absolute Gasteiger partial charge is 0.354 e. The number of hydrogen-bond acceptors (Lipinski definition) is 4. The molecule has 3 rings (SSSR count). The van der Waals surface area contributed by atoms with E-state index in [4.69, 9.17) is 0 Å². The van der Waals surface area contributed by atoms with Gasteiger partial charge in [-0.1, -0.05) is 6.07 Å². The minimum absolute atomic E-state index is 0.982. The Kier molecular flexibility index (Phi) is 4.28. The van der Waals surface area contributed by atoms with Gasteiger partial charge in [0.05, 0.1) is 0 Å². The standard InChI is InChI=1S/C15H17BrN4/c16-14-3-4-15(18-11-14)20-8-6-19(7-9-20)12-13-2-1-5-17-10-13/h1-5,10-11H,6-9,12H2. The van der Waals surface area contributed by atoms with E-state index in [-0.39, 0.29) is 0 Å². The first kappa shape index (κ1) is 13.5. The number of rotatable bonds is 3. The summed E-state index contributed by atoms with van der Waals surface area (Å²) in [5.74, 6) is 1.06. The molecule has 0 saturated carbocycles. The summed E-state index contributed by atoms with van der Waals surface area (Å²) in [6.45, 7) is 5.15. The van der Waals surface area contributed by atoms with Crippen LogP contribution in [0, 0.1) is 0 Å². The van der Waals surface area contributed by atoms with Crippen LogP contribution in [-0.4, -0.2) is 41.0 Å². The average molecular weight is 333 g/mol. The molecule has 4 nitrogen and oxygen atoms in total. The molecule has 0 bridgehead atoms. The summed E-state index contributed by atoms with van der Waals surface area (Å²) in [6, 6.07) is 8.25. The Morgan fingerprint density at radius 2 is 1.90 bits per heavy atom. The molecule has 0 unspecified atom stereocenters. The van der Waals surface area contributed by atoms with Crippen molar-refractivity contribution in [3.05, 3.63) is 52.9 Å². The molecule has 0 amide bonds. The number of hydrogen-bond donors (Lipinski definition) is 0. The van der Waals surface area contributed by atoms with E-state index in [9.17, 15) is 0 Å². The monoisotopic (exact) mass is 332 g/mol. The minimum Gasteiger partial charge on any atom is -0.354 e. The molecule has 20 heavy (non-hydrogen) atoms. The zero-order valence-electron chi connectivity index (χ0n) is 11.2. The Morgan fingerprint density at radius 1 is 1.05 bits per heavy atom. The van der Waals surface area contributed by atoms with Gasteiger partial charge in [0, 0.05) is 55.8 Å². The van der Waals surface area contributed by atoms with E-state index in [1.165, 1.54) is 5.56 Å². The fourth-order valence-corrected chi connectivity index (χ4v) is 2.67. The van der Waals surface area contributed by atoms with Crippen molar-refractivity contribution in [2.45, 2.75) is 6.54 Å². The van der Waals surface area contributed by atoms with Gasteiger partial charge in [0.1, 0.15) is 5.82 Å². The van der Waals surface area contributed by atoms with Gasteiger partial charge in [-0.05, 0) is 39.7 Å². The van der Waals surface area contributed by atoms with Gasteiger partial charge >= 0.3 is 0 Å². The van der Waals surface area contributed by atoms with Gasteiger partial charge < -0.3 is 4.90 Å². The summed E-state index contributed by atoms with van der Waals surface area (Å²) >= 11 is 3.42. The van der Waals surface area contributed by atoms with Gasteiger partial charge in [-0.2, -0.15) is 0 Å². The van der Waals surface area contributed by atoms with Crippen molar-refractivity contribution < 1.29 is 0 Å². The summed E-state index contributed by atoms with van der Waals surface area (Å²) in [5.41, 5.74) is 1.28. The summed E-state index contributed by atoms with van der Waals surface area (Å²) in [6.07, 6.45) is 5.63. The van der Waals surface area contributed by atoms with Crippen molar-refractivity contribution in [3.63, 3.8) is 0 Å². The summed E-state index contributed by atoms with van der Waals surface area (Å²) < 4.78 is 1.02. The highest BCUT2D eigenvalue weighted by molar-refractivity contribution is 9.10. The molecular formula is C15H17BrN4. The zero-order valence-corrected chi connectivity index (χ0v) is 12.8. The Labute approximate surface area is 127 Å². The Bertz CT molecular complexity index is 536. The van der Waals surface area contributed by atoms with Crippen LogP contribution in [0.3, 0.4) is 0 Å². The first-order valence-corrected chi connectivity index (χ1v) is 7.58. The van der Waals surface area contributed by atoms with Crippen LogP contribution < -0.4 is 4.90 Å². The van der Waals surface area contributed by atoms with Gasteiger partial charge in [-0.3, -0.25) is 9.88 Å². The van der Waals surface area contributed by atoms with E-state index in [1.807, 2.05) is 30.7 Å². The van der Waals surface area contributed by atoms with E-state index in [2.05, 4.69) is 47.8 Å². The molecule has 3 heterocycles. The third-order valence-electron chi connectivity index (χ3n) is 3.54.